The van der Waals surface area contributed by atoms with Crippen molar-refractivity contribution in [3.63, 3.8) is 0 Å². The zero-order chi connectivity index (χ0) is 12.2. The van der Waals surface area contributed by atoms with Gasteiger partial charge in [-0.3, -0.25) is 4.79 Å². The molecule has 0 aliphatic heterocycles. The first kappa shape index (κ1) is 14.8. The largest absolute Gasteiger partial charge is 0.409 e. The molecule has 0 amide bonds. The number of hydrogen-bond acceptors (Lipinski definition) is 2. The van der Waals surface area contributed by atoms with Crippen molar-refractivity contribution in [2.45, 2.75) is 65.1 Å². The molecule has 15 heavy (non-hydrogen) atoms. The van der Waals surface area contributed by atoms with Gasteiger partial charge < -0.3 is 4.43 Å². The van der Waals surface area contributed by atoms with Crippen molar-refractivity contribution in [3.05, 3.63) is 0 Å². The van der Waals surface area contributed by atoms with Crippen molar-refractivity contribution in [1.82, 2.24) is 0 Å². The predicted octanol–water partition coefficient (Wildman–Crippen LogP) is 3.77. The smallest absolute Gasteiger partial charge is 0.200 e. The van der Waals surface area contributed by atoms with Crippen LogP contribution in [0.4, 0.5) is 0 Å². The highest BCUT2D eigenvalue weighted by atomic mass is 28.4. The summed E-state index contributed by atoms with van der Waals surface area (Å²) >= 11 is 0. The molecule has 0 fully saturated rings. The van der Waals surface area contributed by atoms with Crippen LogP contribution >= 0.6 is 0 Å². The maximum Gasteiger partial charge on any atom is 0.200 e. The Morgan fingerprint density at radius 2 is 1.33 bits per heavy atom. The van der Waals surface area contributed by atoms with E-state index >= 15 is 0 Å². The van der Waals surface area contributed by atoms with Gasteiger partial charge in [-0.1, -0.05) is 41.5 Å². The molecule has 0 aliphatic carbocycles. The molecule has 0 spiro atoms. The Labute approximate surface area is 95.5 Å². The summed E-state index contributed by atoms with van der Waals surface area (Å²) in [6, 6.07) is 0. The first-order valence-corrected chi connectivity index (χ1v) is 8.02. The van der Waals surface area contributed by atoms with Gasteiger partial charge in [0.1, 0.15) is 0 Å². The molecule has 0 aromatic heterocycles. The van der Waals surface area contributed by atoms with Gasteiger partial charge >= 0.3 is 0 Å². The quantitative estimate of drug-likeness (QED) is 0.649. The van der Waals surface area contributed by atoms with E-state index in [0.717, 1.165) is 0 Å². The van der Waals surface area contributed by atoms with E-state index in [1.54, 1.807) is 6.92 Å². The van der Waals surface area contributed by atoms with Crippen LogP contribution in [0.15, 0.2) is 0 Å². The lowest BCUT2D eigenvalue weighted by atomic mass is 10.5. The SMILES string of the molecule is CC(=O)CO[Si](C(C)C)(C(C)C)C(C)C. The van der Waals surface area contributed by atoms with Gasteiger partial charge in [0, 0.05) is 0 Å². The average Bonchev–Trinajstić information content (AvgIpc) is 2.02. The fraction of sp³-hybridized carbons (Fsp3) is 0.917. The van der Waals surface area contributed by atoms with Gasteiger partial charge in [0.05, 0.1) is 6.61 Å². The fourth-order valence-corrected chi connectivity index (χ4v) is 8.18. The van der Waals surface area contributed by atoms with Crippen LogP contribution in [0.1, 0.15) is 48.5 Å². The van der Waals surface area contributed by atoms with E-state index in [0.29, 0.717) is 23.2 Å². The lowest BCUT2D eigenvalue weighted by Crippen LogP contribution is -2.48. The maximum atomic E-state index is 11.1. The normalized spacial score (nSPS) is 12.9. The molecule has 0 bridgehead atoms. The molecule has 0 aromatic carbocycles. The number of hydrogen-bond donors (Lipinski definition) is 0. The van der Waals surface area contributed by atoms with Gasteiger partial charge in [0.15, 0.2) is 5.78 Å². The van der Waals surface area contributed by atoms with Crippen LogP contribution in [0, 0.1) is 0 Å². The average molecular weight is 230 g/mol. The van der Waals surface area contributed by atoms with Crippen LogP contribution in [0.25, 0.3) is 0 Å². The summed E-state index contributed by atoms with van der Waals surface area (Å²) in [6.45, 7) is 15.3. The van der Waals surface area contributed by atoms with Gasteiger partial charge in [-0.25, -0.2) is 0 Å². The molecular formula is C12H26O2Si. The van der Waals surface area contributed by atoms with Gasteiger partial charge in [0.2, 0.25) is 8.32 Å². The fourth-order valence-electron chi connectivity index (χ4n) is 2.73. The van der Waals surface area contributed by atoms with Gasteiger partial charge in [-0.2, -0.15) is 0 Å². The van der Waals surface area contributed by atoms with Crippen LogP contribution in [-0.2, 0) is 9.22 Å². The van der Waals surface area contributed by atoms with E-state index in [2.05, 4.69) is 41.5 Å². The topological polar surface area (TPSA) is 26.3 Å². The Morgan fingerprint density at radius 3 is 1.53 bits per heavy atom. The molecule has 0 rings (SSSR count). The van der Waals surface area contributed by atoms with Crippen LogP contribution in [0.2, 0.25) is 16.6 Å². The minimum absolute atomic E-state index is 0.133. The molecule has 0 radical (unpaired) electrons. The minimum Gasteiger partial charge on any atom is -0.409 e. The van der Waals surface area contributed by atoms with Crippen molar-refractivity contribution in [2.75, 3.05) is 6.61 Å². The molecule has 0 saturated heterocycles. The van der Waals surface area contributed by atoms with E-state index in [-0.39, 0.29) is 5.78 Å². The zero-order valence-electron chi connectivity index (χ0n) is 11.3. The van der Waals surface area contributed by atoms with Crippen LogP contribution in [-0.4, -0.2) is 20.7 Å². The van der Waals surface area contributed by atoms with E-state index < -0.39 is 8.32 Å². The highest BCUT2D eigenvalue weighted by Crippen LogP contribution is 2.42. The Kier molecular flexibility index (Phi) is 5.74. The Balaban J connectivity index is 4.88. The van der Waals surface area contributed by atoms with E-state index in [4.69, 9.17) is 4.43 Å². The summed E-state index contributed by atoms with van der Waals surface area (Å²) in [5.74, 6) is 0.133. The van der Waals surface area contributed by atoms with Gasteiger partial charge in [0.25, 0.3) is 0 Å². The summed E-state index contributed by atoms with van der Waals surface area (Å²) in [4.78, 5) is 11.1. The van der Waals surface area contributed by atoms with Crippen molar-refractivity contribution in [2.24, 2.45) is 0 Å². The Morgan fingerprint density at radius 1 is 1.00 bits per heavy atom. The highest BCUT2D eigenvalue weighted by Gasteiger charge is 2.45. The van der Waals surface area contributed by atoms with E-state index in [1.807, 2.05) is 0 Å². The third-order valence-corrected chi connectivity index (χ3v) is 9.29. The molecule has 2 nitrogen and oxygen atoms in total. The van der Waals surface area contributed by atoms with Crippen molar-refractivity contribution in [1.29, 1.82) is 0 Å². The Bertz CT molecular complexity index is 188. The summed E-state index contributed by atoms with van der Waals surface area (Å²) in [5.41, 5.74) is 1.66. The lowest BCUT2D eigenvalue weighted by molar-refractivity contribution is -0.119. The molecule has 0 heterocycles. The second kappa shape index (κ2) is 5.80. The van der Waals surface area contributed by atoms with Crippen molar-refractivity contribution in [3.8, 4) is 0 Å². The number of carbonyl (C=O) groups is 1. The second-order valence-corrected chi connectivity index (χ2v) is 10.8. The molecule has 0 saturated carbocycles. The molecule has 0 atom stereocenters. The molecule has 3 heteroatoms. The number of rotatable bonds is 6. The van der Waals surface area contributed by atoms with E-state index in [1.165, 1.54) is 0 Å². The van der Waals surface area contributed by atoms with Crippen LogP contribution in [0.5, 0.6) is 0 Å². The first-order chi connectivity index (χ1) is 6.75. The third kappa shape index (κ3) is 3.42. The monoisotopic (exact) mass is 230 g/mol. The molecule has 90 valence electrons. The highest BCUT2D eigenvalue weighted by molar-refractivity contribution is 6.77. The summed E-state index contributed by atoms with van der Waals surface area (Å²) in [5, 5.41) is 0. The standard InChI is InChI=1S/C12H26O2Si/c1-9(2)15(10(3)4,11(5)6)14-8-12(7)13/h9-11H,8H2,1-7H3. The number of Topliss-reactive ketones (excluding diaryl/α,β-unsaturated/α-hetero) is 1. The van der Waals surface area contributed by atoms with Gasteiger partial charge in [-0.15, -0.1) is 0 Å². The summed E-state index contributed by atoms with van der Waals surface area (Å²) in [7, 11) is -1.81. The van der Waals surface area contributed by atoms with Crippen LogP contribution in [0.3, 0.4) is 0 Å². The summed E-state index contributed by atoms with van der Waals surface area (Å²) in [6.07, 6.45) is 0. The molecule has 0 aromatic rings. The van der Waals surface area contributed by atoms with E-state index in [9.17, 15) is 4.79 Å². The second-order valence-electron chi connectivity index (χ2n) is 5.31. The predicted molar refractivity (Wildman–Crippen MR) is 67.7 cm³/mol. The number of ketones is 1. The van der Waals surface area contributed by atoms with Gasteiger partial charge in [-0.05, 0) is 23.5 Å². The first-order valence-electron chi connectivity index (χ1n) is 5.88. The van der Waals surface area contributed by atoms with Crippen molar-refractivity contribution < 1.29 is 9.22 Å². The van der Waals surface area contributed by atoms with Crippen LogP contribution < -0.4 is 0 Å². The van der Waals surface area contributed by atoms with Crippen molar-refractivity contribution >= 4 is 14.1 Å². The third-order valence-electron chi connectivity index (χ3n) is 3.23. The molecular weight excluding hydrogens is 204 g/mol. The number of carbonyl (C=O) groups excluding carboxylic acids is 1. The minimum atomic E-state index is -1.81. The molecule has 0 unspecified atom stereocenters. The molecule has 0 N–H and O–H groups in total. The Hall–Kier alpha value is -0.153. The summed E-state index contributed by atoms with van der Waals surface area (Å²) < 4.78 is 6.06. The maximum absolute atomic E-state index is 11.1. The lowest BCUT2D eigenvalue weighted by Gasteiger charge is -2.41. The zero-order valence-corrected chi connectivity index (χ0v) is 12.3. The molecule has 0 aliphatic rings.